The number of hydrogen-bond donors (Lipinski definition) is 1. The number of sulfonamides is 1. The van der Waals surface area contributed by atoms with Gasteiger partial charge in [-0.2, -0.15) is 12.8 Å². The molecule has 0 fully saturated rings. The second kappa shape index (κ2) is 4.34. The molecule has 8 heteroatoms. The summed E-state index contributed by atoms with van der Waals surface area (Å²) in [7, 11) is -4.00. The lowest BCUT2D eigenvalue weighted by atomic mass is 10.2. The molecule has 0 unspecified atom stereocenters. The first-order chi connectivity index (χ1) is 9.50. The quantitative estimate of drug-likeness (QED) is 0.785. The van der Waals surface area contributed by atoms with E-state index in [0.717, 1.165) is 6.21 Å². The van der Waals surface area contributed by atoms with Crippen molar-refractivity contribution in [2.45, 2.75) is 0 Å². The van der Waals surface area contributed by atoms with Crippen molar-refractivity contribution in [2.24, 2.45) is 10.1 Å². The first-order valence-electron chi connectivity index (χ1n) is 5.84. The van der Waals surface area contributed by atoms with E-state index in [9.17, 15) is 13.2 Å². The maximum atomic E-state index is 12.5. The molecule has 0 saturated carbocycles. The number of nitrogens with two attached hydrogens (primary N) is 1. The molecule has 104 valence electrons. The Hall–Kier alpha value is -2.35. The van der Waals surface area contributed by atoms with E-state index in [0.29, 0.717) is 11.4 Å². The van der Waals surface area contributed by atoms with Crippen LogP contribution in [0.4, 0.5) is 5.69 Å². The highest BCUT2D eigenvalue weighted by Crippen LogP contribution is 2.33. The number of amides is 1. The van der Waals surface area contributed by atoms with Gasteiger partial charge in [0, 0.05) is 0 Å². The second-order valence-electron chi connectivity index (χ2n) is 4.27. The lowest BCUT2D eigenvalue weighted by Gasteiger charge is -2.29. The van der Waals surface area contributed by atoms with Crippen LogP contribution in [0.2, 0.25) is 0 Å². The van der Waals surface area contributed by atoms with Crippen molar-refractivity contribution in [1.82, 2.24) is 0 Å². The molecule has 0 spiro atoms. The molecular weight excluding hydrogens is 282 g/mol. The van der Waals surface area contributed by atoms with Gasteiger partial charge in [-0.25, -0.2) is 0 Å². The number of carbonyl (C=O) groups excluding carboxylic acids is 1. The molecule has 20 heavy (non-hydrogen) atoms. The summed E-state index contributed by atoms with van der Waals surface area (Å²) in [4.78, 5) is 13.3. The Balaban J connectivity index is 2.04. The summed E-state index contributed by atoms with van der Waals surface area (Å²) in [5.74, 6) is -0.154. The molecule has 1 amide bonds. The summed E-state index contributed by atoms with van der Waals surface area (Å²) in [6, 6.07) is 6.92. The van der Waals surface area contributed by atoms with Crippen molar-refractivity contribution >= 4 is 27.8 Å². The lowest BCUT2D eigenvalue weighted by Crippen LogP contribution is -2.40. The highest BCUT2D eigenvalue weighted by Gasteiger charge is 2.36. The van der Waals surface area contributed by atoms with Crippen LogP contribution in [0.5, 0.6) is 5.75 Å². The number of rotatable bonds is 1. The van der Waals surface area contributed by atoms with Gasteiger partial charge in [-0.1, -0.05) is 12.1 Å². The van der Waals surface area contributed by atoms with Gasteiger partial charge in [-0.05, 0) is 12.1 Å². The third-order valence-corrected chi connectivity index (χ3v) is 4.33. The fraction of sp³-hybridized carbons (Fsp3) is 0.167. The van der Waals surface area contributed by atoms with Gasteiger partial charge in [0.05, 0.1) is 24.1 Å². The minimum Gasteiger partial charge on any atom is -0.490 e. The monoisotopic (exact) mass is 293 g/mol. The van der Waals surface area contributed by atoms with Crippen LogP contribution in [-0.2, 0) is 14.8 Å². The number of benzene rings is 1. The minimum atomic E-state index is -4.00. The van der Waals surface area contributed by atoms with E-state index < -0.39 is 20.8 Å². The average molecular weight is 293 g/mol. The lowest BCUT2D eigenvalue weighted by molar-refractivity contribution is -0.114. The van der Waals surface area contributed by atoms with E-state index in [1.807, 2.05) is 0 Å². The molecule has 1 aromatic carbocycles. The molecule has 0 bridgehead atoms. The van der Waals surface area contributed by atoms with Gasteiger partial charge in [0.2, 0.25) is 0 Å². The Labute approximate surface area is 115 Å². The van der Waals surface area contributed by atoms with Crippen molar-refractivity contribution in [3.8, 4) is 5.75 Å². The number of allylic oxidation sites excluding steroid dienone is 1. The fourth-order valence-corrected chi connectivity index (χ4v) is 3.16. The summed E-state index contributed by atoms with van der Waals surface area (Å²) in [5, 5.41) is 0. The summed E-state index contributed by atoms with van der Waals surface area (Å²) in [5.41, 5.74) is 5.93. The molecular formula is C12H11N3O4S. The fourth-order valence-electron chi connectivity index (χ4n) is 2.12. The summed E-state index contributed by atoms with van der Waals surface area (Å²) in [6.45, 7) is 0.541. The molecule has 7 nitrogen and oxygen atoms in total. The molecule has 2 heterocycles. The molecule has 0 aliphatic carbocycles. The number of carbonyl (C=O) groups is 1. The van der Waals surface area contributed by atoms with E-state index >= 15 is 0 Å². The third kappa shape index (κ3) is 1.85. The molecule has 0 atom stereocenters. The first-order valence-corrected chi connectivity index (χ1v) is 7.28. The van der Waals surface area contributed by atoms with E-state index in [-0.39, 0.29) is 18.8 Å². The smallest absolute Gasteiger partial charge is 0.289 e. The molecule has 3 rings (SSSR count). The molecule has 2 aliphatic rings. The standard InChI is InChI=1S/C12H11N3O4S/c13-8-7-14-20(17,18)11(8)12(16)15-5-6-19-10-4-2-1-3-9(10)15/h1-4,7H,5-6,13H2. The number of anilines is 1. The Morgan fingerprint density at radius 2 is 2.10 bits per heavy atom. The highest BCUT2D eigenvalue weighted by molar-refractivity contribution is 7.95. The van der Waals surface area contributed by atoms with Crippen molar-refractivity contribution in [3.63, 3.8) is 0 Å². The van der Waals surface area contributed by atoms with Gasteiger partial charge in [0.15, 0.2) is 4.91 Å². The zero-order valence-electron chi connectivity index (χ0n) is 10.3. The summed E-state index contributed by atoms with van der Waals surface area (Å²) in [6.07, 6.45) is 0.981. The van der Waals surface area contributed by atoms with E-state index in [2.05, 4.69) is 4.40 Å². The Bertz CT molecular complexity index is 752. The zero-order valence-corrected chi connectivity index (χ0v) is 11.1. The van der Waals surface area contributed by atoms with E-state index in [1.165, 1.54) is 4.90 Å². The number of nitrogens with zero attached hydrogens (tertiary/aromatic N) is 2. The molecule has 1 aromatic rings. The van der Waals surface area contributed by atoms with E-state index in [4.69, 9.17) is 10.5 Å². The normalized spacial score (nSPS) is 19.7. The van der Waals surface area contributed by atoms with Crippen LogP contribution in [0.15, 0.2) is 39.3 Å². The Morgan fingerprint density at radius 1 is 1.35 bits per heavy atom. The second-order valence-corrected chi connectivity index (χ2v) is 5.84. The van der Waals surface area contributed by atoms with Crippen molar-refractivity contribution in [1.29, 1.82) is 0 Å². The van der Waals surface area contributed by atoms with Gasteiger partial charge < -0.3 is 15.4 Å². The molecule has 2 aliphatic heterocycles. The largest absolute Gasteiger partial charge is 0.490 e. The van der Waals surface area contributed by atoms with Gasteiger partial charge in [-0.15, -0.1) is 0 Å². The Morgan fingerprint density at radius 3 is 2.80 bits per heavy atom. The third-order valence-electron chi connectivity index (χ3n) is 3.02. The van der Waals surface area contributed by atoms with Gasteiger partial charge in [0.1, 0.15) is 12.4 Å². The van der Waals surface area contributed by atoms with Gasteiger partial charge in [0.25, 0.3) is 15.9 Å². The van der Waals surface area contributed by atoms with Crippen molar-refractivity contribution < 1.29 is 17.9 Å². The van der Waals surface area contributed by atoms with Crippen LogP contribution in [0.3, 0.4) is 0 Å². The van der Waals surface area contributed by atoms with Gasteiger partial charge >= 0.3 is 0 Å². The maximum Gasteiger partial charge on any atom is 0.289 e. The average Bonchev–Trinajstić information content (AvgIpc) is 2.71. The van der Waals surface area contributed by atoms with Crippen molar-refractivity contribution in [3.05, 3.63) is 34.9 Å². The molecule has 2 N–H and O–H groups in total. The van der Waals surface area contributed by atoms with E-state index in [1.54, 1.807) is 24.3 Å². The van der Waals surface area contributed by atoms with Crippen LogP contribution in [-0.4, -0.2) is 33.7 Å². The topological polar surface area (TPSA) is 102 Å². The summed E-state index contributed by atoms with van der Waals surface area (Å²) >= 11 is 0. The zero-order chi connectivity index (χ0) is 14.3. The molecule has 0 radical (unpaired) electrons. The molecule has 0 aromatic heterocycles. The number of fused-ring (bicyclic) bond motifs is 1. The highest BCUT2D eigenvalue weighted by atomic mass is 32.2. The Kier molecular flexibility index (Phi) is 2.75. The molecule has 0 saturated heterocycles. The minimum absolute atomic E-state index is 0.140. The maximum absolute atomic E-state index is 12.5. The van der Waals surface area contributed by atoms with Crippen LogP contribution >= 0.6 is 0 Å². The van der Waals surface area contributed by atoms with Crippen LogP contribution in [0.1, 0.15) is 0 Å². The number of para-hydroxylation sites is 2. The predicted molar refractivity (Wildman–Crippen MR) is 72.9 cm³/mol. The number of ether oxygens (including phenoxy) is 1. The first kappa shape index (κ1) is 12.7. The number of hydrogen-bond acceptors (Lipinski definition) is 5. The SMILES string of the molecule is NC1=C(C(=O)N2CCOc3ccccc32)S(=O)(=O)N=C1. The van der Waals surface area contributed by atoms with Crippen LogP contribution < -0.4 is 15.4 Å². The predicted octanol–water partition coefficient (Wildman–Crippen LogP) is -0.00350. The van der Waals surface area contributed by atoms with Gasteiger partial charge in [-0.3, -0.25) is 4.79 Å². The van der Waals surface area contributed by atoms with Crippen molar-refractivity contribution in [2.75, 3.05) is 18.1 Å². The van der Waals surface area contributed by atoms with Crippen LogP contribution in [0, 0.1) is 0 Å². The summed E-state index contributed by atoms with van der Waals surface area (Å²) < 4.78 is 32.2. The van der Waals surface area contributed by atoms with Crippen LogP contribution in [0.25, 0.3) is 0 Å².